The maximum atomic E-state index is 13.0. The minimum atomic E-state index is -3.75. The van der Waals surface area contributed by atoms with E-state index in [2.05, 4.69) is 21.2 Å². The molecule has 0 saturated heterocycles. The van der Waals surface area contributed by atoms with Crippen LogP contribution in [0.5, 0.6) is 0 Å². The zero-order valence-electron chi connectivity index (χ0n) is 15.7. The summed E-state index contributed by atoms with van der Waals surface area (Å²) in [7, 11) is -3.75. The molecule has 0 spiro atoms. The standard InChI is InChI=1S/C20H21BrN2O4S/c1-13-4-3-5-17(10-13)22-19(25)7-9-28(26,27)18-12-16(21)11-15-6-8-23(14(2)24)20(15)18/h3-5,10-12H,6-9H2,1-2H3,(H,22,25). The zero-order valence-corrected chi connectivity index (χ0v) is 18.1. The fourth-order valence-electron chi connectivity index (χ4n) is 3.30. The number of aryl methyl sites for hydroxylation is 1. The summed E-state index contributed by atoms with van der Waals surface area (Å²) in [5, 5.41) is 2.72. The Bertz CT molecular complexity index is 1050. The van der Waals surface area contributed by atoms with Crippen LogP contribution in [0.1, 0.15) is 24.5 Å². The third-order valence-corrected chi connectivity index (χ3v) is 6.79. The van der Waals surface area contributed by atoms with Gasteiger partial charge in [0.1, 0.15) is 0 Å². The van der Waals surface area contributed by atoms with Crippen LogP contribution in [0.25, 0.3) is 0 Å². The van der Waals surface area contributed by atoms with Crippen LogP contribution < -0.4 is 10.2 Å². The van der Waals surface area contributed by atoms with E-state index in [0.29, 0.717) is 28.8 Å². The number of nitrogens with zero attached hydrogens (tertiary/aromatic N) is 1. The molecule has 0 saturated carbocycles. The van der Waals surface area contributed by atoms with Gasteiger partial charge in [-0.05, 0) is 48.7 Å². The summed E-state index contributed by atoms with van der Waals surface area (Å²) in [6.07, 6.45) is 0.433. The maximum Gasteiger partial charge on any atom is 0.225 e. The third kappa shape index (κ3) is 4.44. The molecule has 0 radical (unpaired) electrons. The Morgan fingerprint density at radius 3 is 2.64 bits per heavy atom. The normalized spacial score (nSPS) is 13.3. The maximum absolute atomic E-state index is 13.0. The van der Waals surface area contributed by atoms with Gasteiger partial charge in [-0.2, -0.15) is 0 Å². The lowest BCUT2D eigenvalue weighted by molar-refractivity contribution is -0.117. The van der Waals surface area contributed by atoms with Gasteiger partial charge in [0, 0.05) is 30.0 Å². The second kappa shape index (κ2) is 8.05. The number of hydrogen-bond donors (Lipinski definition) is 1. The van der Waals surface area contributed by atoms with Crippen LogP contribution >= 0.6 is 15.9 Å². The van der Waals surface area contributed by atoms with Crippen LogP contribution in [0.2, 0.25) is 0 Å². The Hall–Kier alpha value is -2.19. The first-order valence-electron chi connectivity index (χ1n) is 8.87. The van der Waals surface area contributed by atoms with E-state index in [1.54, 1.807) is 6.07 Å². The molecule has 148 valence electrons. The molecule has 2 aromatic carbocycles. The molecule has 1 heterocycles. The van der Waals surface area contributed by atoms with Crippen molar-refractivity contribution in [2.75, 3.05) is 22.5 Å². The highest BCUT2D eigenvalue weighted by atomic mass is 79.9. The van der Waals surface area contributed by atoms with Gasteiger partial charge in [0.25, 0.3) is 0 Å². The number of sulfone groups is 1. The predicted molar refractivity (Wildman–Crippen MR) is 112 cm³/mol. The number of carbonyl (C=O) groups excluding carboxylic acids is 2. The average molecular weight is 465 g/mol. The van der Waals surface area contributed by atoms with Gasteiger partial charge in [0.15, 0.2) is 9.84 Å². The quantitative estimate of drug-likeness (QED) is 0.733. The van der Waals surface area contributed by atoms with E-state index in [9.17, 15) is 18.0 Å². The van der Waals surface area contributed by atoms with Crippen molar-refractivity contribution in [2.24, 2.45) is 0 Å². The van der Waals surface area contributed by atoms with Gasteiger partial charge >= 0.3 is 0 Å². The Kier molecular flexibility index (Phi) is 5.90. The number of fused-ring (bicyclic) bond motifs is 1. The van der Waals surface area contributed by atoms with Crippen LogP contribution in [-0.4, -0.2) is 32.5 Å². The highest BCUT2D eigenvalue weighted by Crippen LogP contribution is 2.38. The molecular weight excluding hydrogens is 444 g/mol. The molecule has 1 aliphatic rings. The molecule has 0 fully saturated rings. The van der Waals surface area contributed by atoms with Gasteiger partial charge < -0.3 is 10.2 Å². The molecular formula is C20H21BrN2O4S. The van der Waals surface area contributed by atoms with Crippen LogP contribution in [0.3, 0.4) is 0 Å². The number of amides is 2. The molecule has 0 bridgehead atoms. The molecule has 0 unspecified atom stereocenters. The first-order chi connectivity index (χ1) is 13.2. The Balaban J connectivity index is 1.80. The lowest BCUT2D eigenvalue weighted by atomic mass is 10.2. The summed E-state index contributed by atoms with van der Waals surface area (Å²) in [4.78, 5) is 25.7. The van der Waals surface area contributed by atoms with E-state index in [4.69, 9.17) is 0 Å². The summed E-state index contributed by atoms with van der Waals surface area (Å²) < 4.78 is 26.6. The lowest BCUT2D eigenvalue weighted by Crippen LogP contribution is -2.27. The minimum Gasteiger partial charge on any atom is -0.326 e. The Labute approximate surface area is 173 Å². The van der Waals surface area contributed by atoms with Crippen LogP contribution in [0, 0.1) is 6.92 Å². The van der Waals surface area contributed by atoms with Crippen molar-refractivity contribution >= 4 is 49.0 Å². The number of halogens is 1. The summed E-state index contributed by atoms with van der Waals surface area (Å²) >= 11 is 3.35. The number of rotatable bonds is 5. The number of nitrogens with one attached hydrogen (secondary N) is 1. The van der Waals surface area contributed by atoms with E-state index in [0.717, 1.165) is 11.1 Å². The van der Waals surface area contributed by atoms with E-state index in [-0.39, 0.29) is 28.9 Å². The molecule has 3 rings (SSSR count). The van der Waals surface area contributed by atoms with Crippen molar-refractivity contribution in [3.05, 3.63) is 52.0 Å². The third-order valence-electron chi connectivity index (χ3n) is 4.61. The second-order valence-corrected chi connectivity index (χ2v) is 9.81. The summed E-state index contributed by atoms with van der Waals surface area (Å²) in [6, 6.07) is 10.6. The van der Waals surface area contributed by atoms with Gasteiger partial charge in [-0.1, -0.05) is 28.1 Å². The molecule has 0 aromatic heterocycles. The van der Waals surface area contributed by atoms with E-state index < -0.39 is 9.84 Å². The second-order valence-electron chi connectivity index (χ2n) is 6.82. The van der Waals surface area contributed by atoms with Crippen LogP contribution in [-0.2, 0) is 25.8 Å². The molecule has 0 atom stereocenters. The molecule has 0 aliphatic carbocycles. The predicted octanol–water partition coefficient (Wildman–Crippen LogP) is 3.47. The Morgan fingerprint density at radius 1 is 1.21 bits per heavy atom. The molecule has 1 N–H and O–H groups in total. The van der Waals surface area contributed by atoms with Gasteiger partial charge in [-0.3, -0.25) is 9.59 Å². The lowest BCUT2D eigenvalue weighted by Gasteiger charge is -2.19. The number of carbonyl (C=O) groups is 2. The summed E-state index contributed by atoms with van der Waals surface area (Å²) in [6.45, 7) is 3.79. The van der Waals surface area contributed by atoms with E-state index in [1.807, 2.05) is 31.2 Å². The zero-order chi connectivity index (χ0) is 20.5. The SMILES string of the molecule is CC(=O)N1CCc2cc(Br)cc(S(=O)(=O)CCC(=O)Nc3cccc(C)c3)c21. The molecule has 2 amide bonds. The molecule has 28 heavy (non-hydrogen) atoms. The molecule has 2 aromatic rings. The monoisotopic (exact) mass is 464 g/mol. The van der Waals surface area contributed by atoms with E-state index >= 15 is 0 Å². The van der Waals surface area contributed by atoms with Crippen LogP contribution in [0.4, 0.5) is 11.4 Å². The fourth-order valence-corrected chi connectivity index (χ4v) is 5.48. The van der Waals surface area contributed by atoms with Crippen LogP contribution in [0.15, 0.2) is 45.8 Å². The Morgan fingerprint density at radius 2 is 1.96 bits per heavy atom. The topological polar surface area (TPSA) is 83.6 Å². The highest BCUT2D eigenvalue weighted by Gasteiger charge is 2.31. The van der Waals surface area contributed by atoms with Gasteiger partial charge in [0.2, 0.25) is 11.8 Å². The molecule has 6 nitrogen and oxygen atoms in total. The fraction of sp³-hybridized carbons (Fsp3) is 0.300. The van der Waals surface area contributed by atoms with Gasteiger partial charge in [-0.25, -0.2) is 8.42 Å². The summed E-state index contributed by atoms with van der Waals surface area (Å²) in [5.41, 5.74) is 2.88. The van der Waals surface area contributed by atoms with Crippen molar-refractivity contribution < 1.29 is 18.0 Å². The largest absolute Gasteiger partial charge is 0.326 e. The van der Waals surface area contributed by atoms with E-state index in [1.165, 1.54) is 17.9 Å². The average Bonchev–Trinajstić information content (AvgIpc) is 3.03. The van der Waals surface area contributed by atoms with Gasteiger partial charge in [0.05, 0.1) is 16.3 Å². The van der Waals surface area contributed by atoms with Crippen molar-refractivity contribution in [3.63, 3.8) is 0 Å². The summed E-state index contributed by atoms with van der Waals surface area (Å²) in [5.74, 6) is -0.904. The minimum absolute atomic E-state index is 0.0907. The smallest absolute Gasteiger partial charge is 0.225 e. The highest BCUT2D eigenvalue weighted by molar-refractivity contribution is 9.10. The number of hydrogen-bond acceptors (Lipinski definition) is 4. The number of benzene rings is 2. The van der Waals surface area contributed by atoms with Crippen molar-refractivity contribution in [2.45, 2.75) is 31.6 Å². The molecule has 1 aliphatic heterocycles. The van der Waals surface area contributed by atoms with Crippen molar-refractivity contribution in [1.82, 2.24) is 0 Å². The van der Waals surface area contributed by atoms with Crippen molar-refractivity contribution in [1.29, 1.82) is 0 Å². The molecule has 8 heteroatoms. The van der Waals surface area contributed by atoms with Gasteiger partial charge in [-0.15, -0.1) is 0 Å². The number of anilines is 2. The first-order valence-corrected chi connectivity index (χ1v) is 11.3. The first kappa shape index (κ1) is 20.5. The van der Waals surface area contributed by atoms with Crippen molar-refractivity contribution in [3.8, 4) is 0 Å².